The number of allylic oxidation sites excluding steroid dienone is 2. The molecule has 2 heteroatoms. The molecule has 0 bridgehead atoms. The Kier molecular flexibility index (Phi) is 2.82. The number of Topliss-reactive ketones (excluding diaryl/α,β-unsaturated/α-hetero) is 1. The molecule has 1 unspecified atom stereocenters. The summed E-state index contributed by atoms with van der Waals surface area (Å²) in [6.45, 7) is 1.81. The van der Waals surface area contributed by atoms with E-state index in [9.17, 15) is 9.90 Å². The van der Waals surface area contributed by atoms with Crippen molar-refractivity contribution in [2.45, 2.75) is 31.8 Å². The quantitative estimate of drug-likeness (QED) is 0.691. The van der Waals surface area contributed by atoms with Crippen LogP contribution >= 0.6 is 0 Å². The second-order valence-corrected chi connectivity index (χ2v) is 3.16. The summed E-state index contributed by atoms with van der Waals surface area (Å²) in [7, 11) is 0. The smallest absolute Gasteiger partial charge is 0.135 e. The van der Waals surface area contributed by atoms with E-state index >= 15 is 0 Å². The third kappa shape index (κ3) is 2.31. The molecule has 0 saturated carbocycles. The van der Waals surface area contributed by atoms with E-state index in [0.717, 1.165) is 0 Å². The number of aliphatic hydroxyl groups is 1. The number of hydrogen-bond acceptors (Lipinski definition) is 2. The topological polar surface area (TPSA) is 37.3 Å². The van der Waals surface area contributed by atoms with Gasteiger partial charge in [-0.3, -0.25) is 4.79 Å². The summed E-state index contributed by atoms with van der Waals surface area (Å²) in [4.78, 5) is 11.1. The molecule has 0 spiro atoms. The standard InChI is InChI=1S/C10H14O2/c1-2-9(11)8-10(12)6-4-3-5-7-10/h3-6,12H,2,7-8H2,1H3. The summed E-state index contributed by atoms with van der Waals surface area (Å²) in [6.07, 6.45) is 8.53. The van der Waals surface area contributed by atoms with Crippen LogP contribution in [-0.2, 0) is 4.79 Å². The van der Waals surface area contributed by atoms with E-state index in [1.54, 1.807) is 12.2 Å². The van der Waals surface area contributed by atoms with Crippen LogP contribution in [0.15, 0.2) is 24.3 Å². The molecule has 0 amide bonds. The fourth-order valence-electron chi connectivity index (χ4n) is 1.25. The zero-order chi connectivity index (χ0) is 9.03. The monoisotopic (exact) mass is 166 g/mol. The van der Waals surface area contributed by atoms with Gasteiger partial charge in [-0.2, -0.15) is 0 Å². The van der Waals surface area contributed by atoms with Gasteiger partial charge in [-0.05, 0) is 6.42 Å². The average molecular weight is 166 g/mol. The molecule has 1 aliphatic carbocycles. The summed E-state index contributed by atoms with van der Waals surface area (Å²) in [5, 5.41) is 9.81. The lowest BCUT2D eigenvalue weighted by molar-refractivity contribution is -0.122. The van der Waals surface area contributed by atoms with Crippen molar-refractivity contribution < 1.29 is 9.90 Å². The first kappa shape index (κ1) is 9.20. The van der Waals surface area contributed by atoms with Gasteiger partial charge in [0, 0.05) is 12.8 Å². The van der Waals surface area contributed by atoms with Crippen molar-refractivity contribution in [3.63, 3.8) is 0 Å². The van der Waals surface area contributed by atoms with E-state index in [1.165, 1.54) is 0 Å². The van der Waals surface area contributed by atoms with E-state index in [2.05, 4.69) is 0 Å². The third-order valence-electron chi connectivity index (χ3n) is 2.02. The highest BCUT2D eigenvalue weighted by Gasteiger charge is 2.25. The Morgan fingerprint density at radius 2 is 2.33 bits per heavy atom. The van der Waals surface area contributed by atoms with Crippen LogP contribution in [0.3, 0.4) is 0 Å². The molecule has 0 aromatic heterocycles. The first-order chi connectivity index (χ1) is 5.66. The van der Waals surface area contributed by atoms with Crippen LogP contribution in [0, 0.1) is 0 Å². The Hall–Kier alpha value is -0.890. The van der Waals surface area contributed by atoms with E-state index < -0.39 is 5.60 Å². The molecule has 1 aliphatic rings. The summed E-state index contributed by atoms with van der Waals surface area (Å²) < 4.78 is 0. The highest BCUT2D eigenvalue weighted by Crippen LogP contribution is 2.22. The first-order valence-corrected chi connectivity index (χ1v) is 4.25. The maximum atomic E-state index is 11.1. The summed E-state index contributed by atoms with van der Waals surface area (Å²) in [5.74, 6) is 0.109. The van der Waals surface area contributed by atoms with E-state index in [4.69, 9.17) is 0 Å². The van der Waals surface area contributed by atoms with Gasteiger partial charge in [-0.25, -0.2) is 0 Å². The molecule has 12 heavy (non-hydrogen) atoms. The van der Waals surface area contributed by atoms with Crippen molar-refractivity contribution in [2.24, 2.45) is 0 Å². The van der Waals surface area contributed by atoms with Crippen molar-refractivity contribution in [3.8, 4) is 0 Å². The minimum atomic E-state index is -0.915. The Morgan fingerprint density at radius 3 is 2.83 bits per heavy atom. The Balaban J connectivity index is 2.55. The van der Waals surface area contributed by atoms with Gasteiger partial charge < -0.3 is 5.11 Å². The second-order valence-electron chi connectivity index (χ2n) is 3.16. The first-order valence-electron chi connectivity index (χ1n) is 4.25. The predicted molar refractivity (Wildman–Crippen MR) is 47.8 cm³/mol. The lowest BCUT2D eigenvalue weighted by Gasteiger charge is -2.23. The van der Waals surface area contributed by atoms with Crippen LogP contribution in [0.5, 0.6) is 0 Å². The minimum absolute atomic E-state index is 0.109. The van der Waals surface area contributed by atoms with E-state index in [0.29, 0.717) is 12.8 Å². The molecule has 0 aliphatic heterocycles. The Bertz CT molecular complexity index is 228. The van der Waals surface area contributed by atoms with E-state index in [1.807, 2.05) is 19.1 Å². The van der Waals surface area contributed by atoms with Gasteiger partial charge in [0.25, 0.3) is 0 Å². The molecule has 0 aromatic rings. The van der Waals surface area contributed by atoms with Crippen LogP contribution in [0.25, 0.3) is 0 Å². The van der Waals surface area contributed by atoms with Crippen molar-refractivity contribution in [3.05, 3.63) is 24.3 Å². The second kappa shape index (κ2) is 3.68. The van der Waals surface area contributed by atoms with Gasteiger partial charge in [0.2, 0.25) is 0 Å². The minimum Gasteiger partial charge on any atom is -0.385 e. The van der Waals surface area contributed by atoms with Gasteiger partial charge in [0.05, 0.1) is 5.60 Å². The molecule has 0 aromatic carbocycles. The summed E-state index contributed by atoms with van der Waals surface area (Å²) in [6, 6.07) is 0. The maximum Gasteiger partial charge on any atom is 0.135 e. The van der Waals surface area contributed by atoms with Crippen LogP contribution in [0.4, 0.5) is 0 Å². The molecule has 0 fully saturated rings. The predicted octanol–water partition coefficient (Wildman–Crippen LogP) is 1.60. The molecule has 66 valence electrons. The molecule has 1 N–H and O–H groups in total. The number of carbonyl (C=O) groups is 1. The van der Waals surface area contributed by atoms with E-state index in [-0.39, 0.29) is 12.2 Å². The average Bonchev–Trinajstić information content (AvgIpc) is 2.05. The Morgan fingerprint density at radius 1 is 1.58 bits per heavy atom. The summed E-state index contributed by atoms with van der Waals surface area (Å²) in [5.41, 5.74) is -0.915. The van der Waals surface area contributed by atoms with Gasteiger partial charge in [-0.15, -0.1) is 0 Å². The third-order valence-corrected chi connectivity index (χ3v) is 2.02. The molecule has 1 rings (SSSR count). The molecule has 0 heterocycles. The molecule has 0 saturated heterocycles. The Labute approximate surface area is 72.6 Å². The largest absolute Gasteiger partial charge is 0.385 e. The maximum absolute atomic E-state index is 11.1. The fourth-order valence-corrected chi connectivity index (χ4v) is 1.25. The lowest BCUT2D eigenvalue weighted by atomic mass is 9.89. The number of hydrogen-bond donors (Lipinski definition) is 1. The van der Waals surface area contributed by atoms with Crippen LogP contribution in [-0.4, -0.2) is 16.5 Å². The molecule has 2 nitrogen and oxygen atoms in total. The fraction of sp³-hybridized carbons (Fsp3) is 0.500. The van der Waals surface area contributed by atoms with Crippen molar-refractivity contribution in [2.75, 3.05) is 0 Å². The lowest BCUT2D eigenvalue weighted by Crippen LogP contribution is -2.29. The van der Waals surface area contributed by atoms with Crippen molar-refractivity contribution >= 4 is 5.78 Å². The molecule has 1 atom stereocenters. The van der Waals surface area contributed by atoms with Crippen molar-refractivity contribution in [1.29, 1.82) is 0 Å². The zero-order valence-corrected chi connectivity index (χ0v) is 7.29. The highest BCUT2D eigenvalue weighted by molar-refractivity contribution is 5.79. The van der Waals surface area contributed by atoms with Gasteiger partial charge in [-0.1, -0.05) is 31.2 Å². The summed E-state index contributed by atoms with van der Waals surface area (Å²) >= 11 is 0. The molecular formula is C10H14O2. The van der Waals surface area contributed by atoms with Gasteiger partial charge >= 0.3 is 0 Å². The normalized spacial score (nSPS) is 27.5. The molecular weight excluding hydrogens is 152 g/mol. The zero-order valence-electron chi connectivity index (χ0n) is 7.29. The number of rotatable bonds is 3. The number of carbonyl (C=O) groups excluding carboxylic acids is 1. The molecule has 0 radical (unpaired) electrons. The van der Waals surface area contributed by atoms with Crippen molar-refractivity contribution in [1.82, 2.24) is 0 Å². The SMILES string of the molecule is CCC(=O)CC1(O)C=CC=CC1. The van der Waals surface area contributed by atoms with Crippen LogP contribution in [0.1, 0.15) is 26.2 Å². The number of ketones is 1. The van der Waals surface area contributed by atoms with Gasteiger partial charge in [0.15, 0.2) is 0 Å². The van der Waals surface area contributed by atoms with Crippen LogP contribution in [0.2, 0.25) is 0 Å². The highest BCUT2D eigenvalue weighted by atomic mass is 16.3. The van der Waals surface area contributed by atoms with Crippen LogP contribution < -0.4 is 0 Å². The van der Waals surface area contributed by atoms with Gasteiger partial charge in [0.1, 0.15) is 5.78 Å².